The van der Waals surface area contributed by atoms with E-state index in [0.717, 1.165) is 30.1 Å². The minimum atomic E-state index is -0.200. The number of amides is 2. The van der Waals surface area contributed by atoms with Crippen molar-refractivity contribution in [3.63, 3.8) is 0 Å². The summed E-state index contributed by atoms with van der Waals surface area (Å²) in [5.74, 6) is -0.322. The first-order chi connectivity index (χ1) is 14.1. The summed E-state index contributed by atoms with van der Waals surface area (Å²) in [4.78, 5) is 28.8. The zero-order valence-electron chi connectivity index (χ0n) is 15.9. The predicted molar refractivity (Wildman–Crippen MR) is 118 cm³/mol. The van der Waals surface area contributed by atoms with Crippen LogP contribution in [0, 0.1) is 0 Å². The fourth-order valence-electron chi connectivity index (χ4n) is 3.47. The van der Waals surface area contributed by atoms with Crippen molar-refractivity contribution >= 4 is 46.9 Å². The average molecular weight is 428 g/mol. The van der Waals surface area contributed by atoms with E-state index in [1.165, 1.54) is 24.6 Å². The second-order valence-corrected chi connectivity index (χ2v) is 8.59. The maximum Gasteiger partial charge on any atom is 0.262 e. The van der Waals surface area contributed by atoms with Gasteiger partial charge in [0.05, 0.1) is 10.6 Å². The summed E-state index contributed by atoms with van der Waals surface area (Å²) >= 11 is 7.57. The number of fused-ring (bicyclic) bond motifs is 1. The Bertz CT molecular complexity index is 970. The Balaban J connectivity index is 1.43. The molecule has 2 aliphatic rings. The van der Waals surface area contributed by atoms with Crippen LogP contribution in [0.5, 0.6) is 0 Å². The van der Waals surface area contributed by atoms with Crippen molar-refractivity contribution < 1.29 is 9.59 Å². The van der Waals surface area contributed by atoms with Crippen molar-refractivity contribution in [3.05, 3.63) is 63.5 Å². The molecule has 0 aliphatic carbocycles. The molecule has 2 aliphatic heterocycles. The van der Waals surface area contributed by atoms with E-state index in [1.54, 1.807) is 24.3 Å². The third-order valence-electron chi connectivity index (χ3n) is 5.04. The molecule has 150 valence electrons. The van der Waals surface area contributed by atoms with Crippen LogP contribution in [0.4, 0.5) is 5.69 Å². The van der Waals surface area contributed by atoms with E-state index in [0.29, 0.717) is 27.7 Å². The number of anilines is 1. The number of nitrogens with zero attached hydrogens (tertiary/aromatic N) is 1. The molecule has 0 aromatic heterocycles. The van der Waals surface area contributed by atoms with E-state index in [2.05, 4.69) is 15.5 Å². The van der Waals surface area contributed by atoms with Gasteiger partial charge in [-0.25, -0.2) is 0 Å². The van der Waals surface area contributed by atoms with Crippen LogP contribution < -0.4 is 10.6 Å². The van der Waals surface area contributed by atoms with Crippen LogP contribution in [0.25, 0.3) is 6.08 Å². The molecule has 0 atom stereocenters. The summed E-state index contributed by atoms with van der Waals surface area (Å²) in [5.41, 5.74) is 2.00. The molecule has 2 aromatic carbocycles. The van der Waals surface area contributed by atoms with Gasteiger partial charge in [0.15, 0.2) is 0 Å². The first kappa shape index (κ1) is 20.0. The second-order valence-electron chi connectivity index (χ2n) is 7.10. The first-order valence-electron chi connectivity index (χ1n) is 9.70. The molecular formula is C22H22ClN3O2S. The highest BCUT2D eigenvalue weighted by molar-refractivity contribution is 8.04. The second kappa shape index (κ2) is 9.03. The van der Waals surface area contributed by atoms with Crippen molar-refractivity contribution in [2.45, 2.75) is 17.7 Å². The van der Waals surface area contributed by atoms with E-state index in [9.17, 15) is 9.59 Å². The molecule has 2 heterocycles. The van der Waals surface area contributed by atoms with Gasteiger partial charge in [-0.05, 0) is 61.8 Å². The SMILES string of the molecule is O=C1Nc2cc(C(=O)NCCN3CCCC3)ccc2S/C1=C/c1ccccc1Cl. The van der Waals surface area contributed by atoms with Gasteiger partial charge in [-0.1, -0.05) is 41.6 Å². The smallest absolute Gasteiger partial charge is 0.262 e. The summed E-state index contributed by atoms with van der Waals surface area (Å²) in [7, 11) is 0. The molecule has 29 heavy (non-hydrogen) atoms. The van der Waals surface area contributed by atoms with Gasteiger partial charge in [-0.2, -0.15) is 0 Å². The number of rotatable bonds is 5. The number of halogens is 1. The van der Waals surface area contributed by atoms with Gasteiger partial charge >= 0.3 is 0 Å². The van der Waals surface area contributed by atoms with Crippen LogP contribution in [-0.4, -0.2) is 42.9 Å². The summed E-state index contributed by atoms with van der Waals surface area (Å²) in [6, 6.07) is 12.8. The van der Waals surface area contributed by atoms with Gasteiger partial charge in [0.1, 0.15) is 0 Å². The van der Waals surface area contributed by atoms with Crippen LogP contribution >= 0.6 is 23.4 Å². The normalized spacial score (nSPS) is 17.8. The molecule has 1 saturated heterocycles. The summed E-state index contributed by atoms with van der Waals surface area (Å²) in [6.45, 7) is 3.73. The third kappa shape index (κ3) is 4.83. The lowest BCUT2D eigenvalue weighted by Crippen LogP contribution is -2.33. The van der Waals surface area contributed by atoms with Gasteiger partial charge in [-0.3, -0.25) is 9.59 Å². The Morgan fingerprint density at radius 1 is 1.21 bits per heavy atom. The maximum atomic E-state index is 12.5. The Morgan fingerprint density at radius 2 is 2.00 bits per heavy atom. The highest BCUT2D eigenvalue weighted by atomic mass is 35.5. The topological polar surface area (TPSA) is 61.4 Å². The lowest BCUT2D eigenvalue weighted by molar-refractivity contribution is -0.112. The van der Waals surface area contributed by atoms with Crippen molar-refractivity contribution in [3.8, 4) is 0 Å². The number of thioether (sulfide) groups is 1. The third-order valence-corrected chi connectivity index (χ3v) is 6.48. The molecule has 0 bridgehead atoms. The Labute approximate surface area is 179 Å². The number of hydrogen-bond acceptors (Lipinski definition) is 4. The number of benzene rings is 2. The molecule has 7 heteroatoms. The molecule has 0 spiro atoms. The van der Waals surface area contributed by atoms with Crippen LogP contribution in [-0.2, 0) is 4.79 Å². The number of carbonyl (C=O) groups excluding carboxylic acids is 2. The lowest BCUT2D eigenvalue weighted by Gasteiger charge is -2.20. The summed E-state index contributed by atoms with van der Waals surface area (Å²) in [5, 5.41) is 6.45. The largest absolute Gasteiger partial charge is 0.351 e. The quantitative estimate of drug-likeness (QED) is 0.700. The van der Waals surface area contributed by atoms with E-state index in [-0.39, 0.29) is 11.8 Å². The summed E-state index contributed by atoms with van der Waals surface area (Å²) in [6.07, 6.45) is 4.26. The van der Waals surface area contributed by atoms with Crippen LogP contribution in [0.15, 0.2) is 52.3 Å². The fraction of sp³-hybridized carbons (Fsp3) is 0.273. The molecule has 1 fully saturated rings. The Hall–Kier alpha value is -2.28. The highest BCUT2D eigenvalue weighted by Gasteiger charge is 2.22. The maximum absolute atomic E-state index is 12.5. The molecule has 0 saturated carbocycles. The first-order valence-corrected chi connectivity index (χ1v) is 10.9. The molecule has 2 amide bonds. The Kier molecular flexibility index (Phi) is 6.23. The molecule has 5 nitrogen and oxygen atoms in total. The highest BCUT2D eigenvalue weighted by Crippen LogP contribution is 2.39. The van der Waals surface area contributed by atoms with Crippen molar-refractivity contribution in [2.24, 2.45) is 0 Å². The summed E-state index contributed by atoms with van der Waals surface area (Å²) < 4.78 is 0. The minimum absolute atomic E-state index is 0.122. The van der Waals surface area contributed by atoms with Crippen LogP contribution in [0.2, 0.25) is 5.02 Å². The van der Waals surface area contributed by atoms with Gasteiger partial charge < -0.3 is 15.5 Å². The molecule has 0 unspecified atom stereocenters. The molecular weight excluding hydrogens is 406 g/mol. The molecule has 2 aromatic rings. The van der Waals surface area contributed by atoms with Crippen molar-refractivity contribution in [2.75, 3.05) is 31.5 Å². The van der Waals surface area contributed by atoms with Gasteiger partial charge in [0.25, 0.3) is 11.8 Å². The van der Waals surface area contributed by atoms with Crippen LogP contribution in [0.1, 0.15) is 28.8 Å². The van der Waals surface area contributed by atoms with E-state index >= 15 is 0 Å². The van der Waals surface area contributed by atoms with E-state index in [1.807, 2.05) is 24.3 Å². The molecule has 4 rings (SSSR count). The van der Waals surface area contributed by atoms with Crippen molar-refractivity contribution in [1.82, 2.24) is 10.2 Å². The zero-order chi connectivity index (χ0) is 20.2. The van der Waals surface area contributed by atoms with Crippen LogP contribution in [0.3, 0.4) is 0 Å². The molecule has 2 N–H and O–H groups in total. The Morgan fingerprint density at radius 3 is 2.79 bits per heavy atom. The number of likely N-dealkylation sites (tertiary alicyclic amines) is 1. The fourth-order valence-corrected chi connectivity index (χ4v) is 4.58. The number of nitrogens with one attached hydrogen (secondary N) is 2. The van der Waals surface area contributed by atoms with Crippen molar-refractivity contribution in [1.29, 1.82) is 0 Å². The monoisotopic (exact) mass is 427 g/mol. The standard InChI is InChI=1S/C22H22ClN3O2S/c23-17-6-2-1-5-15(17)14-20-22(28)25-18-13-16(7-8-19(18)29-20)21(27)24-9-12-26-10-3-4-11-26/h1-2,5-8,13-14H,3-4,9-12H2,(H,24,27)(H,25,28)/b20-14+. The minimum Gasteiger partial charge on any atom is -0.351 e. The molecule has 0 radical (unpaired) electrons. The van der Waals surface area contributed by atoms with E-state index in [4.69, 9.17) is 11.6 Å². The van der Waals surface area contributed by atoms with Gasteiger partial charge in [0, 0.05) is 28.6 Å². The number of carbonyl (C=O) groups is 2. The number of hydrogen-bond donors (Lipinski definition) is 2. The van der Waals surface area contributed by atoms with E-state index < -0.39 is 0 Å². The predicted octanol–water partition coefficient (Wildman–Crippen LogP) is 4.25. The lowest BCUT2D eigenvalue weighted by atomic mass is 10.1. The van der Waals surface area contributed by atoms with Gasteiger partial charge in [0.2, 0.25) is 0 Å². The van der Waals surface area contributed by atoms with Gasteiger partial charge in [-0.15, -0.1) is 0 Å². The average Bonchev–Trinajstić information content (AvgIpc) is 3.23. The zero-order valence-corrected chi connectivity index (χ0v) is 17.5.